The molecule has 0 unspecified atom stereocenters. The Hall–Kier alpha value is -2.23. The van der Waals surface area contributed by atoms with E-state index in [1.54, 1.807) is 24.3 Å². The zero-order chi connectivity index (χ0) is 12.7. The number of carboxylic acid groups (broad SMARTS) is 1. The molecule has 1 aromatic carbocycles. The monoisotopic (exact) mass is 234 g/mol. The molecule has 1 rings (SSSR count). The summed E-state index contributed by atoms with van der Waals surface area (Å²) < 4.78 is 10.5. The molecule has 17 heavy (non-hydrogen) atoms. The van der Waals surface area contributed by atoms with E-state index >= 15 is 0 Å². The van der Waals surface area contributed by atoms with Crippen LogP contribution in [0, 0.1) is 0 Å². The molecule has 1 N–H and O–H groups in total. The van der Waals surface area contributed by atoms with Crippen LogP contribution in [-0.2, 0) is 4.79 Å². The second-order valence-electron chi connectivity index (χ2n) is 3.18. The summed E-state index contributed by atoms with van der Waals surface area (Å²) in [6, 6.07) is 5.18. The van der Waals surface area contributed by atoms with Crippen LogP contribution in [0.15, 0.2) is 36.9 Å². The van der Waals surface area contributed by atoms with Crippen molar-refractivity contribution in [1.29, 1.82) is 0 Å². The third-order valence-corrected chi connectivity index (χ3v) is 1.96. The minimum absolute atomic E-state index is 0.390. The Labute approximate surface area is 99.8 Å². The summed E-state index contributed by atoms with van der Waals surface area (Å²) in [6.45, 7) is 3.94. The number of rotatable bonds is 6. The van der Waals surface area contributed by atoms with E-state index < -0.39 is 5.97 Å². The number of hydrogen-bond donors (Lipinski definition) is 1. The molecule has 0 aliphatic carbocycles. The van der Waals surface area contributed by atoms with E-state index in [-0.39, 0.29) is 0 Å². The van der Waals surface area contributed by atoms with Gasteiger partial charge < -0.3 is 14.6 Å². The predicted octanol–water partition coefficient (Wildman–Crippen LogP) is 2.36. The lowest BCUT2D eigenvalue weighted by Crippen LogP contribution is -1.96. The quantitative estimate of drug-likeness (QED) is 0.606. The van der Waals surface area contributed by atoms with Crippen LogP contribution in [-0.4, -0.2) is 24.8 Å². The minimum Gasteiger partial charge on any atom is -0.493 e. The Morgan fingerprint density at radius 1 is 1.47 bits per heavy atom. The molecule has 0 aromatic heterocycles. The van der Waals surface area contributed by atoms with E-state index in [1.807, 2.05) is 0 Å². The summed E-state index contributed by atoms with van der Waals surface area (Å²) in [5.74, 6) is 0.162. The van der Waals surface area contributed by atoms with Crippen molar-refractivity contribution in [2.24, 2.45) is 0 Å². The molecule has 0 fully saturated rings. The van der Waals surface area contributed by atoms with Crippen LogP contribution in [0.2, 0.25) is 0 Å². The first-order chi connectivity index (χ1) is 8.17. The highest BCUT2D eigenvalue weighted by atomic mass is 16.5. The molecule has 4 nitrogen and oxygen atoms in total. The summed E-state index contributed by atoms with van der Waals surface area (Å²) in [6.07, 6.45) is 4.19. The highest BCUT2D eigenvalue weighted by molar-refractivity contribution is 5.85. The van der Waals surface area contributed by atoms with Crippen molar-refractivity contribution >= 4 is 12.0 Å². The molecule has 0 aliphatic heterocycles. The number of ether oxygens (including phenoxy) is 2. The van der Waals surface area contributed by atoms with Crippen LogP contribution in [0.3, 0.4) is 0 Å². The Bertz CT molecular complexity index is 435. The van der Waals surface area contributed by atoms with Gasteiger partial charge in [-0.3, -0.25) is 0 Å². The van der Waals surface area contributed by atoms with Crippen molar-refractivity contribution in [3.8, 4) is 11.5 Å². The minimum atomic E-state index is -0.990. The maximum Gasteiger partial charge on any atom is 0.328 e. The van der Waals surface area contributed by atoms with Crippen LogP contribution >= 0.6 is 0 Å². The molecular weight excluding hydrogens is 220 g/mol. The molecule has 0 aliphatic rings. The Kier molecular flexibility index (Phi) is 4.81. The fourth-order valence-corrected chi connectivity index (χ4v) is 1.22. The van der Waals surface area contributed by atoms with Crippen molar-refractivity contribution < 1.29 is 19.4 Å². The van der Waals surface area contributed by atoms with Gasteiger partial charge in [0.05, 0.1) is 7.11 Å². The summed E-state index contributed by atoms with van der Waals surface area (Å²) in [5, 5.41) is 8.52. The smallest absolute Gasteiger partial charge is 0.328 e. The van der Waals surface area contributed by atoms with Crippen molar-refractivity contribution in [2.45, 2.75) is 0 Å². The number of carbonyl (C=O) groups is 1. The van der Waals surface area contributed by atoms with Gasteiger partial charge in [0, 0.05) is 6.08 Å². The molecule has 0 spiro atoms. The van der Waals surface area contributed by atoms with E-state index in [1.165, 1.54) is 13.2 Å². The van der Waals surface area contributed by atoms with Gasteiger partial charge in [-0.2, -0.15) is 0 Å². The van der Waals surface area contributed by atoms with Crippen molar-refractivity contribution in [3.05, 3.63) is 42.5 Å². The topological polar surface area (TPSA) is 55.8 Å². The average Bonchev–Trinajstić information content (AvgIpc) is 2.34. The molecule has 4 heteroatoms. The van der Waals surface area contributed by atoms with Gasteiger partial charge in [-0.05, 0) is 23.8 Å². The molecule has 0 saturated heterocycles. The van der Waals surface area contributed by atoms with E-state index in [0.717, 1.165) is 11.6 Å². The lowest BCUT2D eigenvalue weighted by atomic mass is 10.2. The Morgan fingerprint density at radius 3 is 2.82 bits per heavy atom. The van der Waals surface area contributed by atoms with Gasteiger partial charge in [-0.25, -0.2) is 4.79 Å². The summed E-state index contributed by atoms with van der Waals surface area (Å²) in [5.41, 5.74) is 0.732. The van der Waals surface area contributed by atoms with E-state index in [4.69, 9.17) is 14.6 Å². The van der Waals surface area contributed by atoms with Gasteiger partial charge in [0.25, 0.3) is 0 Å². The fraction of sp³-hybridized carbons (Fsp3) is 0.154. The molecular formula is C13H14O4. The highest BCUT2D eigenvalue weighted by Gasteiger charge is 2.03. The number of aliphatic carboxylic acids is 1. The molecule has 0 heterocycles. The molecule has 0 atom stereocenters. The maximum atomic E-state index is 10.4. The van der Waals surface area contributed by atoms with Crippen LogP contribution in [0.1, 0.15) is 5.56 Å². The molecule has 0 bridgehead atoms. The van der Waals surface area contributed by atoms with Gasteiger partial charge in [0.1, 0.15) is 6.61 Å². The van der Waals surface area contributed by atoms with Crippen molar-refractivity contribution in [1.82, 2.24) is 0 Å². The fourth-order valence-electron chi connectivity index (χ4n) is 1.22. The van der Waals surface area contributed by atoms with Crippen molar-refractivity contribution in [2.75, 3.05) is 13.7 Å². The third kappa shape index (κ3) is 4.03. The third-order valence-electron chi connectivity index (χ3n) is 1.96. The van der Waals surface area contributed by atoms with Gasteiger partial charge >= 0.3 is 5.97 Å². The van der Waals surface area contributed by atoms with E-state index in [2.05, 4.69) is 6.58 Å². The van der Waals surface area contributed by atoms with E-state index in [0.29, 0.717) is 18.1 Å². The predicted molar refractivity (Wildman–Crippen MR) is 65.4 cm³/mol. The van der Waals surface area contributed by atoms with Crippen LogP contribution < -0.4 is 9.47 Å². The first kappa shape index (κ1) is 12.8. The first-order valence-electron chi connectivity index (χ1n) is 5.00. The lowest BCUT2D eigenvalue weighted by molar-refractivity contribution is -0.131. The van der Waals surface area contributed by atoms with Gasteiger partial charge in [0.2, 0.25) is 0 Å². The zero-order valence-corrected chi connectivity index (χ0v) is 9.55. The van der Waals surface area contributed by atoms with Gasteiger partial charge in [-0.1, -0.05) is 18.7 Å². The van der Waals surface area contributed by atoms with E-state index in [9.17, 15) is 4.79 Å². The Balaban J connectivity index is 2.91. The summed E-state index contributed by atoms with van der Waals surface area (Å²) in [4.78, 5) is 10.4. The maximum absolute atomic E-state index is 10.4. The number of carboxylic acids is 1. The second-order valence-corrected chi connectivity index (χ2v) is 3.18. The lowest BCUT2D eigenvalue weighted by Gasteiger charge is -2.09. The molecule has 0 radical (unpaired) electrons. The second kappa shape index (κ2) is 6.37. The largest absolute Gasteiger partial charge is 0.493 e. The first-order valence-corrected chi connectivity index (χ1v) is 5.00. The number of benzene rings is 1. The standard InChI is InChI=1S/C13H14O4/c1-3-8-17-11-6-4-10(5-7-13(14)15)9-12(11)16-2/h3-7,9H,1,8H2,2H3,(H,14,15)/b7-5-. The van der Waals surface area contributed by atoms with Gasteiger partial charge in [0.15, 0.2) is 11.5 Å². The molecule has 0 amide bonds. The molecule has 1 aromatic rings. The molecule has 90 valence electrons. The zero-order valence-electron chi connectivity index (χ0n) is 9.55. The van der Waals surface area contributed by atoms with Crippen LogP contribution in [0.4, 0.5) is 0 Å². The summed E-state index contributed by atoms with van der Waals surface area (Å²) in [7, 11) is 1.53. The van der Waals surface area contributed by atoms with Crippen LogP contribution in [0.5, 0.6) is 11.5 Å². The number of hydrogen-bond acceptors (Lipinski definition) is 3. The molecule has 0 saturated carbocycles. The van der Waals surface area contributed by atoms with Gasteiger partial charge in [-0.15, -0.1) is 0 Å². The highest BCUT2D eigenvalue weighted by Crippen LogP contribution is 2.28. The summed E-state index contributed by atoms with van der Waals surface area (Å²) >= 11 is 0. The average molecular weight is 234 g/mol. The SMILES string of the molecule is C=CCOc1ccc(/C=C\C(=O)O)cc1OC. The normalized spacial score (nSPS) is 10.2. The van der Waals surface area contributed by atoms with Crippen molar-refractivity contribution in [3.63, 3.8) is 0 Å². The van der Waals surface area contributed by atoms with Crippen LogP contribution in [0.25, 0.3) is 6.08 Å². The Morgan fingerprint density at radius 2 is 2.24 bits per heavy atom. The number of methoxy groups -OCH3 is 1.